The van der Waals surface area contributed by atoms with Crippen LogP contribution in [0.5, 0.6) is 11.6 Å². The second-order valence-electron chi connectivity index (χ2n) is 4.17. The SMILES string of the molecule is O=S(=O)(Cl)c1cccnc1Oc1cccc2ncccc12. The first-order valence-corrected chi connectivity index (χ1v) is 8.28. The van der Waals surface area contributed by atoms with Gasteiger partial charge in [-0.1, -0.05) is 6.07 Å². The average Bonchev–Trinajstić information content (AvgIpc) is 2.47. The van der Waals surface area contributed by atoms with E-state index in [4.69, 9.17) is 15.4 Å². The fourth-order valence-electron chi connectivity index (χ4n) is 1.91. The first-order valence-electron chi connectivity index (χ1n) is 5.97. The molecule has 0 saturated heterocycles. The highest BCUT2D eigenvalue weighted by molar-refractivity contribution is 8.13. The summed E-state index contributed by atoms with van der Waals surface area (Å²) in [6, 6.07) is 11.7. The molecule has 0 unspecified atom stereocenters. The predicted molar refractivity (Wildman–Crippen MR) is 79.1 cm³/mol. The van der Waals surface area contributed by atoms with Crippen LogP contribution in [0.2, 0.25) is 0 Å². The molecule has 0 radical (unpaired) electrons. The molecule has 0 spiro atoms. The molecule has 0 aliphatic rings. The molecule has 5 nitrogen and oxygen atoms in total. The average molecular weight is 321 g/mol. The maximum Gasteiger partial charge on any atom is 0.266 e. The first-order chi connectivity index (χ1) is 10.1. The molecule has 0 fully saturated rings. The summed E-state index contributed by atoms with van der Waals surface area (Å²) >= 11 is 0. The minimum Gasteiger partial charge on any atom is -0.437 e. The van der Waals surface area contributed by atoms with Crippen LogP contribution in [0.4, 0.5) is 0 Å². The maximum atomic E-state index is 11.5. The Morgan fingerprint density at radius 2 is 1.71 bits per heavy atom. The molecule has 1 aromatic carbocycles. The van der Waals surface area contributed by atoms with E-state index < -0.39 is 9.05 Å². The standard InChI is InChI=1S/C14H9ClN2O3S/c15-21(18,19)13-7-3-9-17-14(13)20-12-6-1-5-11-10(12)4-2-8-16-11/h1-9H. The van der Waals surface area contributed by atoms with Gasteiger partial charge < -0.3 is 4.74 Å². The van der Waals surface area contributed by atoms with Crippen molar-refractivity contribution in [3.8, 4) is 11.6 Å². The topological polar surface area (TPSA) is 69.2 Å². The molecular weight excluding hydrogens is 312 g/mol. The monoisotopic (exact) mass is 320 g/mol. The van der Waals surface area contributed by atoms with Crippen LogP contribution >= 0.6 is 10.7 Å². The molecule has 0 aliphatic heterocycles. The van der Waals surface area contributed by atoms with Crippen molar-refractivity contribution < 1.29 is 13.2 Å². The number of benzene rings is 1. The highest BCUT2D eigenvalue weighted by Gasteiger charge is 2.18. The number of rotatable bonds is 3. The molecule has 106 valence electrons. The van der Waals surface area contributed by atoms with Crippen LogP contribution in [0.15, 0.2) is 59.8 Å². The van der Waals surface area contributed by atoms with Gasteiger partial charge in [0.05, 0.1) is 5.52 Å². The summed E-state index contributed by atoms with van der Waals surface area (Å²) in [5.74, 6) is 0.393. The van der Waals surface area contributed by atoms with Crippen LogP contribution in [-0.2, 0) is 9.05 Å². The largest absolute Gasteiger partial charge is 0.437 e. The second kappa shape index (κ2) is 5.31. The molecule has 3 aromatic rings. The van der Waals surface area contributed by atoms with Crippen molar-refractivity contribution in [1.29, 1.82) is 0 Å². The molecule has 2 aromatic heterocycles. The van der Waals surface area contributed by atoms with Crippen LogP contribution in [-0.4, -0.2) is 18.4 Å². The molecule has 0 bridgehead atoms. The summed E-state index contributed by atoms with van der Waals surface area (Å²) < 4.78 is 28.7. The Morgan fingerprint density at radius 1 is 0.952 bits per heavy atom. The third-order valence-corrected chi connectivity index (χ3v) is 4.15. The summed E-state index contributed by atoms with van der Waals surface area (Å²) in [5.41, 5.74) is 0.737. The second-order valence-corrected chi connectivity index (χ2v) is 6.71. The smallest absolute Gasteiger partial charge is 0.266 e. The van der Waals surface area contributed by atoms with Crippen molar-refractivity contribution in [3.63, 3.8) is 0 Å². The number of hydrogen-bond acceptors (Lipinski definition) is 5. The van der Waals surface area contributed by atoms with Gasteiger partial charge in [0.25, 0.3) is 9.05 Å². The molecule has 3 rings (SSSR count). The fraction of sp³-hybridized carbons (Fsp3) is 0. The van der Waals surface area contributed by atoms with Crippen molar-refractivity contribution in [1.82, 2.24) is 9.97 Å². The summed E-state index contributed by atoms with van der Waals surface area (Å²) in [7, 11) is 1.45. The predicted octanol–water partition coefficient (Wildman–Crippen LogP) is 3.35. The highest BCUT2D eigenvalue weighted by atomic mass is 35.7. The van der Waals surface area contributed by atoms with Crippen LogP contribution in [0, 0.1) is 0 Å². The molecule has 0 saturated carbocycles. The van der Waals surface area contributed by atoms with Gasteiger partial charge in [0.1, 0.15) is 10.6 Å². The van der Waals surface area contributed by atoms with E-state index in [2.05, 4.69) is 9.97 Å². The summed E-state index contributed by atoms with van der Waals surface area (Å²) in [4.78, 5) is 7.98. The lowest BCUT2D eigenvalue weighted by atomic mass is 10.2. The maximum absolute atomic E-state index is 11.5. The Labute approximate surface area is 125 Å². The van der Waals surface area contributed by atoms with Gasteiger partial charge in [0.15, 0.2) is 0 Å². The van der Waals surface area contributed by atoms with Gasteiger partial charge >= 0.3 is 0 Å². The number of nitrogens with zero attached hydrogens (tertiary/aromatic N) is 2. The van der Waals surface area contributed by atoms with Crippen LogP contribution in [0.3, 0.4) is 0 Å². The van der Waals surface area contributed by atoms with E-state index >= 15 is 0 Å². The zero-order valence-corrected chi connectivity index (χ0v) is 12.2. The van der Waals surface area contributed by atoms with Crippen molar-refractivity contribution in [3.05, 3.63) is 54.9 Å². The van der Waals surface area contributed by atoms with Crippen LogP contribution in [0.1, 0.15) is 0 Å². The lowest BCUT2D eigenvalue weighted by molar-refractivity contribution is 0.452. The van der Waals surface area contributed by atoms with E-state index in [1.165, 1.54) is 18.3 Å². The lowest BCUT2D eigenvalue weighted by Gasteiger charge is -2.09. The van der Waals surface area contributed by atoms with Gasteiger partial charge in [-0.3, -0.25) is 4.98 Å². The molecule has 7 heteroatoms. The van der Waals surface area contributed by atoms with E-state index in [1.54, 1.807) is 24.4 Å². The van der Waals surface area contributed by atoms with Gasteiger partial charge in [0, 0.05) is 28.5 Å². The Bertz CT molecular complexity index is 907. The minimum atomic E-state index is -3.94. The number of halogens is 1. The first kappa shape index (κ1) is 13.8. The Hall–Kier alpha value is -2.18. The van der Waals surface area contributed by atoms with E-state index in [-0.39, 0.29) is 10.8 Å². The van der Waals surface area contributed by atoms with Gasteiger partial charge in [-0.2, -0.15) is 0 Å². The summed E-state index contributed by atoms with van der Waals surface area (Å²) in [6.07, 6.45) is 3.10. The Kier molecular flexibility index (Phi) is 3.48. The molecular formula is C14H9ClN2O3S. The van der Waals surface area contributed by atoms with Crippen molar-refractivity contribution in [2.75, 3.05) is 0 Å². The van der Waals surface area contributed by atoms with E-state index in [0.29, 0.717) is 5.75 Å². The normalized spacial score (nSPS) is 11.5. The van der Waals surface area contributed by atoms with Crippen LogP contribution in [0.25, 0.3) is 10.9 Å². The molecule has 0 amide bonds. The number of ether oxygens (including phenoxy) is 1. The zero-order chi connectivity index (χ0) is 14.9. The van der Waals surface area contributed by atoms with Crippen LogP contribution < -0.4 is 4.74 Å². The molecule has 0 atom stereocenters. The number of fused-ring (bicyclic) bond motifs is 1. The van der Waals surface area contributed by atoms with Crippen molar-refractivity contribution >= 4 is 30.6 Å². The van der Waals surface area contributed by atoms with Gasteiger partial charge in [-0.05, 0) is 36.4 Å². The number of pyridine rings is 2. The fourth-order valence-corrected chi connectivity index (χ4v) is 2.80. The molecule has 2 heterocycles. The number of aromatic nitrogens is 2. The quantitative estimate of drug-likeness (QED) is 0.692. The molecule has 21 heavy (non-hydrogen) atoms. The lowest BCUT2D eigenvalue weighted by Crippen LogP contribution is -1.98. The van der Waals surface area contributed by atoms with E-state index in [1.807, 2.05) is 12.1 Å². The summed E-state index contributed by atoms with van der Waals surface area (Å²) in [6.45, 7) is 0. The molecule has 0 N–H and O–H groups in total. The zero-order valence-electron chi connectivity index (χ0n) is 10.6. The molecule has 0 aliphatic carbocycles. The summed E-state index contributed by atoms with van der Waals surface area (Å²) in [5, 5.41) is 0.753. The van der Waals surface area contributed by atoms with Gasteiger partial charge in [-0.25, -0.2) is 13.4 Å². The minimum absolute atomic E-state index is 0.0659. The van der Waals surface area contributed by atoms with Crippen molar-refractivity contribution in [2.24, 2.45) is 0 Å². The Balaban J connectivity index is 2.12. The number of hydrogen-bond donors (Lipinski definition) is 0. The van der Waals surface area contributed by atoms with E-state index in [0.717, 1.165) is 10.9 Å². The third-order valence-electron chi connectivity index (χ3n) is 2.81. The van der Waals surface area contributed by atoms with E-state index in [9.17, 15) is 8.42 Å². The third kappa shape index (κ3) is 2.81. The van der Waals surface area contributed by atoms with Gasteiger partial charge in [0.2, 0.25) is 5.88 Å². The van der Waals surface area contributed by atoms with Gasteiger partial charge in [-0.15, -0.1) is 0 Å². The highest BCUT2D eigenvalue weighted by Crippen LogP contribution is 2.32. The van der Waals surface area contributed by atoms with Crippen molar-refractivity contribution in [2.45, 2.75) is 4.90 Å². The Morgan fingerprint density at radius 3 is 2.52 bits per heavy atom.